The predicted octanol–water partition coefficient (Wildman–Crippen LogP) is 9.63. The van der Waals surface area contributed by atoms with E-state index in [1.54, 1.807) is 0 Å². The highest BCUT2D eigenvalue weighted by Crippen LogP contribution is 2.35. The number of aryl methyl sites for hydroxylation is 4. The summed E-state index contributed by atoms with van der Waals surface area (Å²) in [4.78, 5) is 15.0. The Morgan fingerprint density at radius 1 is 0.512 bits per heavy atom. The molecular weight excluding hydrogens is 506 g/mol. The number of aromatic nitrogens is 3. The first-order valence-electron chi connectivity index (χ1n) is 15.2. The van der Waals surface area contributed by atoms with Gasteiger partial charge in [-0.15, -0.1) is 0 Å². The maximum Gasteiger partial charge on any atom is 0.167 e. The number of hydrogen-bond donors (Lipinski definition) is 0. The molecule has 3 aromatic carbocycles. The Morgan fingerprint density at radius 2 is 1.05 bits per heavy atom. The average Bonchev–Trinajstić information content (AvgIpc) is 2.95. The molecule has 0 saturated heterocycles. The fraction of sp³-hybridized carbons (Fsp3) is 0.417. The van der Waals surface area contributed by atoms with Gasteiger partial charge in [0.1, 0.15) is 11.5 Å². The molecule has 0 aliphatic carbocycles. The van der Waals surface area contributed by atoms with Crippen LogP contribution in [0.5, 0.6) is 11.5 Å². The first-order chi connectivity index (χ1) is 19.9. The third kappa shape index (κ3) is 8.16. The van der Waals surface area contributed by atoms with Crippen LogP contribution in [0.2, 0.25) is 0 Å². The van der Waals surface area contributed by atoms with E-state index in [0.717, 1.165) is 52.2 Å². The van der Waals surface area contributed by atoms with Crippen molar-refractivity contribution in [3.63, 3.8) is 0 Å². The van der Waals surface area contributed by atoms with Crippen LogP contribution in [-0.4, -0.2) is 28.2 Å². The smallest absolute Gasteiger partial charge is 0.167 e. The zero-order chi connectivity index (χ0) is 29.2. The molecule has 1 aromatic heterocycles. The van der Waals surface area contributed by atoms with E-state index in [2.05, 4.69) is 77.9 Å². The minimum absolute atomic E-state index is 0.596. The SMILES string of the molecule is CCCCCCCCOc1ccc(-c2nc(-c3ccc(C)cc3C)nc(-c3ccc(C)cc3C)n2)c(OCCC)c1. The lowest BCUT2D eigenvalue weighted by molar-refractivity contribution is 0.295. The topological polar surface area (TPSA) is 57.1 Å². The molecule has 41 heavy (non-hydrogen) atoms. The lowest BCUT2D eigenvalue weighted by Gasteiger charge is -2.15. The van der Waals surface area contributed by atoms with E-state index in [4.69, 9.17) is 24.4 Å². The Hall–Kier alpha value is -3.73. The van der Waals surface area contributed by atoms with Crippen LogP contribution in [0.4, 0.5) is 0 Å². The highest BCUT2D eigenvalue weighted by atomic mass is 16.5. The fourth-order valence-electron chi connectivity index (χ4n) is 5.05. The van der Waals surface area contributed by atoms with E-state index in [9.17, 15) is 0 Å². The van der Waals surface area contributed by atoms with Gasteiger partial charge in [-0.05, 0) is 63.8 Å². The molecule has 4 rings (SSSR count). The molecular formula is C36H45N3O2. The largest absolute Gasteiger partial charge is 0.493 e. The summed E-state index contributed by atoms with van der Waals surface area (Å²) in [6.45, 7) is 14.1. The van der Waals surface area contributed by atoms with Crippen molar-refractivity contribution in [3.8, 4) is 45.7 Å². The molecule has 5 nitrogen and oxygen atoms in total. The highest BCUT2D eigenvalue weighted by molar-refractivity contribution is 5.72. The Morgan fingerprint density at radius 3 is 1.61 bits per heavy atom. The van der Waals surface area contributed by atoms with Crippen molar-refractivity contribution in [1.82, 2.24) is 15.0 Å². The third-order valence-corrected chi connectivity index (χ3v) is 7.30. The van der Waals surface area contributed by atoms with Gasteiger partial charge in [0.25, 0.3) is 0 Å². The average molecular weight is 552 g/mol. The molecule has 1 heterocycles. The van der Waals surface area contributed by atoms with Crippen molar-refractivity contribution in [3.05, 3.63) is 76.9 Å². The summed E-state index contributed by atoms with van der Waals surface area (Å²) in [5.41, 5.74) is 7.53. The van der Waals surface area contributed by atoms with Crippen LogP contribution in [0.3, 0.4) is 0 Å². The summed E-state index contributed by atoms with van der Waals surface area (Å²) >= 11 is 0. The molecule has 5 heteroatoms. The first kappa shape index (κ1) is 30.2. The Bertz CT molecular complexity index is 1380. The van der Waals surface area contributed by atoms with Crippen molar-refractivity contribution in [2.75, 3.05) is 13.2 Å². The lowest BCUT2D eigenvalue weighted by Crippen LogP contribution is -2.05. The van der Waals surface area contributed by atoms with Crippen LogP contribution in [0, 0.1) is 27.7 Å². The van der Waals surface area contributed by atoms with Gasteiger partial charge in [0.2, 0.25) is 0 Å². The van der Waals surface area contributed by atoms with Crippen LogP contribution in [0.15, 0.2) is 54.6 Å². The lowest BCUT2D eigenvalue weighted by atomic mass is 10.0. The molecule has 216 valence electrons. The molecule has 0 N–H and O–H groups in total. The summed E-state index contributed by atoms with van der Waals surface area (Å²) < 4.78 is 12.4. The van der Waals surface area contributed by atoms with E-state index in [1.165, 1.54) is 43.2 Å². The van der Waals surface area contributed by atoms with E-state index in [1.807, 2.05) is 18.2 Å². The Kier molecular flexibility index (Phi) is 10.9. The van der Waals surface area contributed by atoms with Gasteiger partial charge in [0.05, 0.1) is 18.8 Å². The molecule has 4 aromatic rings. The number of rotatable bonds is 14. The molecule has 0 fully saturated rings. The number of benzene rings is 3. The van der Waals surface area contributed by atoms with Crippen LogP contribution < -0.4 is 9.47 Å². The number of nitrogens with zero attached hydrogens (tertiary/aromatic N) is 3. The summed E-state index contributed by atoms with van der Waals surface area (Å²) in [7, 11) is 0. The third-order valence-electron chi connectivity index (χ3n) is 7.30. The summed E-state index contributed by atoms with van der Waals surface area (Å²) in [6.07, 6.45) is 8.32. The van der Waals surface area contributed by atoms with Crippen molar-refractivity contribution in [1.29, 1.82) is 0 Å². The minimum atomic E-state index is 0.596. The van der Waals surface area contributed by atoms with Gasteiger partial charge in [-0.2, -0.15) is 0 Å². The van der Waals surface area contributed by atoms with Gasteiger partial charge in [-0.3, -0.25) is 0 Å². The molecule has 0 aliphatic rings. The maximum absolute atomic E-state index is 6.24. The van der Waals surface area contributed by atoms with Crippen molar-refractivity contribution < 1.29 is 9.47 Å². The Balaban J connectivity index is 1.72. The van der Waals surface area contributed by atoms with E-state index in [0.29, 0.717) is 30.7 Å². The molecule has 0 unspecified atom stereocenters. The molecule has 0 amide bonds. The van der Waals surface area contributed by atoms with Gasteiger partial charge in [-0.25, -0.2) is 15.0 Å². The predicted molar refractivity (Wildman–Crippen MR) is 170 cm³/mol. The minimum Gasteiger partial charge on any atom is -0.493 e. The summed E-state index contributed by atoms with van der Waals surface area (Å²) in [5, 5.41) is 0. The fourth-order valence-corrected chi connectivity index (χ4v) is 5.05. The van der Waals surface area contributed by atoms with Crippen molar-refractivity contribution in [2.24, 2.45) is 0 Å². The second-order valence-corrected chi connectivity index (χ2v) is 11.1. The summed E-state index contributed by atoms with van der Waals surface area (Å²) in [6, 6.07) is 18.8. The van der Waals surface area contributed by atoms with E-state index in [-0.39, 0.29) is 0 Å². The van der Waals surface area contributed by atoms with Gasteiger partial charge < -0.3 is 9.47 Å². The molecule has 0 atom stereocenters. The van der Waals surface area contributed by atoms with Crippen LogP contribution in [-0.2, 0) is 0 Å². The van der Waals surface area contributed by atoms with Crippen LogP contribution in [0.25, 0.3) is 34.2 Å². The highest BCUT2D eigenvalue weighted by Gasteiger charge is 2.18. The van der Waals surface area contributed by atoms with Gasteiger partial charge in [-0.1, -0.05) is 93.5 Å². The van der Waals surface area contributed by atoms with Gasteiger partial charge >= 0.3 is 0 Å². The number of hydrogen-bond acceptors (Lipinski definition) is 5. The molecule has 0 radical (unpaired) electrons. The normalized spacial score (nSPS) is 11.1. The molecule has 0 aliphatic heterocycles. The summed E-state index contributed by atoms with van der Waals surface area (Å²) in [5.74, 6) is 3.46. The zero-order valence-electron chi connectivity index (χ0n) is 25.7. The maximum atomic E-state index is 6.24. The van der Waals surface area contributed by atoms with Crippen LogP contribution in [0.1, 0.15) is 81.0 Å². The Labute approximate surface area is 246 Å². The standard InChI is InChI=1S/C36H45N3O2/c1-7-9-10-11-12-13-21-40-29-16-19-32(33(24-29)41-20-8-2)36-38-34(30-17-14-25(3)22-27(30)5)37-35(39-36)31-18-15-26(4)23-28(31)6/h14-19,22-24H,7-13,20-21H2,1-6H3. The number of unbranched alkanes of at least 4 members (excludes halogenated alkanes) is 5. The molecule has 0 bridgehead atoms. The van der Waals surface area contributed by atoms with Crippen molar-refractivity contribution in [2.45, 2.75) is 86.5 Å². The molecule has 0 saturated carbocycles. The second-order valence-electron chi connectivity index (χ2n) is 11.1. The zero-order valence-corrected chi connectivity index (χ0v) is 25.7. The quantitative estimate of drug-likeness (QED) is 0.146. The van der Waals surface area contributed by atoms with E-state index >= 15 is 0 Å². The van der Waals surface area contributed by atoms with Gasteiger partial charge in [0, 0.05) is 17.2 Å². The monoisotopic (exact) mass is 551 g/mol. The molecule has 0 spiro atoms. The van der Waals surface area contributed by atoms with Crippen LogP contribution >= 0.6 is 0 Å². The van der Waals surface area contributed by atoms with E-state index < -0.39 is 0 Å². The second kappa shape index (κ2) is 14.8. The van der Waals surface area contributed by atoms with Crippen molar-refractivity contribution >= 4 is 0 Å². The van der Waals surface area contributed by atoms with Gasteiger partial charge in [0.15, 0.2) is 17.5 Å². The number of ether oxygens (including phenoxy) is 2. The first-order valence-corrected chi connectivity index (χ1v) is 15.2.